The van der Waals surface area contributed by atoms with E-state index in [0.717, 1.165) is 37.1 Å². The van der Waals surface area contributed by atoms with Gasteiger partial charge in [0.05, 0.1) is 6.10 Å². The van der Waals surface area contributed by atoms with Crippen LogP contribution < -0.4 is 5.32 Å². The minimum Gasteiger partial charge on any atom is -0.393 e. The molecule has 1 fully saturated rings. The van der Waals surface area contributed by atoms with E-state index in [9.17, 15) is 9.90 Å². The van der Waals surface area contributed by atoms with Gasteiger partial charge in [-0.3, -0.25) is 4.79 Å². The zero-order valence-electron chi connectivity index (χ0n) is 13.2. The molecule has 0 saturated heterocycles. The first-order valence-electron chi connectivity index (χ1n) is 8.22. The second kappa shape index (κ2) is 8.54. The molecule has 3 nitrogen and oxygen atoms in total. The van der Waals surface area contributed by atoms with Crippen molar-refractivity contribution in [2.24, 2.45) is 11.8 Å². The lowest BCUT2D eigenvalue weighted by Crippen LogP contribution is -2.33. The van der Waals surface area contributed by atoms with Crippen molar-refractivity contribution in [3.63, 3.8) is 0 Å². The van der Waals surface area contributed by atoms with Gasteiger partial charge in [-0.1, -0.05) is 37.1 Å². The van der Waals surface area contributed by atoms with Crippen LogP contribution in [0.2, 0.25) is 5.02 Å². The minimum absolute atomic E-state index is 0.113. The van der Waals surface area contributed by atoms with Crippen LogP contribution in [0.15, 0.2) is 24.3 Å². The van der Waals surface area contributed by atoms with Gasteiger partial charge < -0.3 is 10.4 Å². The van der Waals surface area contributed by atoms with E-state index in [2.05, 4.69) is 12.2 Å². The topological polar surface area (TPSA) is 49.3 Å². The van der Waals surface area contributed by atoms with Gasteiger partial charge in [0.15, 0.2) is 0 Å². The fourth-order valence-corrected chi connectivity index (χ4v) is 3.32. The number of carbonyl (C=O) groups excluding carboxylic acids is 1. The molecule has 2 rings (SSSR count). The molecule has 1 amide bonds. The number of amides is 1. The molecule has 1 aliphatic rings. The Labute approximate surface area is 138 Å². The van der Waals surface area contributed by atoms with E-state index in [1.807, 2.05) is 24.3 Å². The van der Waals surface area contributed by atoms with Crippen LogP contribution in [-0.4, -0.2) is 23.7 Å². The number of rotatable bonds is 6. The molecule has 0 radical (unpaired) electrons. The Morgan fingerprint density at radius 2 is 2.09 bits per heavy atom. The zero-order chi connectivity index (χ0) is 15.9. The molecule has 122 valence electrons. The molecule has 0 heterocycles. The molecule has 0 aromatic heterocycles. The van der Waals surface area contributed by atoms with Crippen molar-refractivity contribution in [3.8, 4) is 0 Å². The maximum Gasteiger partial charge on any atom is 0.220 e. The van der Waals surface area contributed by atoms with Gasteiger partial charge in [0, 0.05) is 18.0 Å². The van der Waals surface area contributed by atoms with Crippen molar-refractivity contribution in [1.29, 1.82) is 0 Å². The molecule has 4 heteroatoms. The van der Waals surface area contributed by atoms with Gasteiger partial charge >= 0.3 is 0 Å². The molecule has 1 aromatic carbocycles. The summed E-state index contributed by atoms with van der Waals surface area (Å²) in [6.45, 7) is 2.79. The summed E-state index contributed by atoms with van der Waals surface area (Å²) in [6, 6.07) is 7.80. The van der Waals surface area contributed by atoms with E-state index in [-0.39, 0.29) is 12.0 Å². The molecule has 1 aliphatic carbocycles. The van der Waals surface area contributed by atoms with E-state index in [0.29, 0.717) is 24.8 Å². The molecule has 2 N–H and O–H groups in total. The van der Waals surface area contributed by atoms with Crippen molar-refractivity contribution in [1.82, 2.24) is 5.32 Å². The van der Waals surface area contributed by atoms with Crippen molar-refractivity contribution in [2.75, 3.05) is 6.54 Å². The predicted molar refractivity (Wildman–Crippen MR) is 89.9 cm³/mol. The minimum atomic E-state index is -0.181. The molecular weight excluding hydrogens is 298 g/mol. The Balaban J connectivity index is 1.68. The number of halogens is 1. The summed E-state index contributed by atoms with van der Waals surface area (Å²) in [5, 5.41) is 13.4. The number of hydrogen-bond donors (Lipinski definition) is 2. The summed E-state index contributed by atoms with van der Waals surface area (Å²) in [6.07, 6.45) is 5.14. The Kier molecular flexibility index (Phi) is 6.71. The summed E-state index contributed by atoms with van der Waals surface area (Å²) in [5.41, 5.74) is 1.21. The highest BCUT2D eigenvalue weighted by Crippen LogP contribution is 2.23. The van der Waals surface area contributed by atoms with E-state index < -0.39 is 0 Å². The van der Waals surface area contributed by atoms with Crippen LogP contribution in [0, 0.1) is 11.8 Å². The maximum atomic E-state index is 12.0. The fourth-order valence-electron chi connectivity index (χ4n) is 3.19. The summed E-state index contributed by atoms with van der Waals surface area (Å²) < 4.78 is 0. The Morgan fingerprint density at radius 3 is 2.77 bits per heavy atom. The van der Waals surface area contributed by atoms with Crippen LogP contribution in [0.3, 0.4) is 0 Å². The molecule has 0 bridgehead atoms. The molecular formula is C18H26ClNO2. The van der Waals surface area contributed by atoms with Crippen LogP contribution >= 0.6 is 11.6 Å². The molecule has 22 heavy (non-hydrogen) atoms. The molecule has 3 unspecified atom stereocenters. The van der Waals surface area contributed by atoms with Gasteiger partial charge in [-0.25, -0.2) is 0 Å². The predicted octanol–water partition coefficient (Wildman–Crippen LogP) is 3.58. The highest BCUT2D eigenvalue weighted by Gasteiger charge is 2.20. The number of aliphatic hydroxyl groups is 1. The number of benzene rings is 1. The largest absolute Gasteiger partial charge is 0.393 e. The van der Waals surface area contributed by atoms with Gasteiger partial charge in [-0.2, -0.15) is 0 Å². The third kappa shape index (κ3) is 5.98. The highest BCUT2D eigenvalue weighted by molar-refractivity contribution is 6.30. The third-order valence-electron chi connectivity index (χ3n) is 4.37. The number of carbonyl (C=O) groups is 1. The summed E-state index contributed by atoms with van der Waals surface area (Å²) in [4.78, 5) is 12.0. The van der Waals surface area contributed by atoms with Crippen LogP contribution in [0.5, 0.6) is 0 Å². The summed E-state index contributed by atoms with van der Waals surface area (Å²) >= 11 is 5.88. The summed E-state index contributed by atoms with van der Waals surface area (Å²) in [5.74, 6) is 0.846. The first-order chi connectivity index (χ1) is 10.5. The number of nitrogens with one attached hydrogen (secondary N) is 1. The molecule has 1 aromatic rings. The van der Waals surface area contributed by atoms with Crippen molar-refractivity contribution >= 4 is 17.5 Å². The average Bonchev–Trinajstić information content (AvgIpc) is 2.47. The van der Waals surface area contributed by atoms with Gasteiger partial charge in [0.1, 0.15) is 0 Å². The molecule has 0 spiro atoms. The van der Waals surface area contributed by atoms with Gasteiger partial charge in [0.25, 0.3) is 0 Å². The van der Waals surface area contributed by atoms with Gasteiger partial charge in [-0.15, -0.1) is 0 Å². The van der Waals surface area contributed by atoms with E-state index in [1.54, 1.807) is 0 Å². The highest BCUT2D eigenvalue weighted by atomic mass is 35.5. The fraction of sp³-hybridized carbons (Fsp3) is 0.611. The zero-order valence-corrected chi connectivity index (χ0v) is 14.0. The normalized spacial score (nSPS) is 23.0. The SMILES string of the molecule is CC(CC(=O)NCC1CCCC(O)C1)Cc1ccc(Cl)cc1. The van der Waals surface area contributed by atoms with Gasteiger partial charge in [-0.05, 0) is 55.2 Å². The van der Waals surface area contributed by atoms with E-state index in [4.69, 9.17) is 11.6 Å². The van der Waals surface area contributed by atoms with Crippen LogP contribution in [0.4, 0.5) is 0 Å². The third-order valence-corrected chi connectivity index (χ3v) is 4.63. The Hall–Kier alpha value is -1.06. The monoisotopic (exact) mass is 323 g/mol. The lowest BCUT2D eigenvalue weighted by Gasteiger charge is -2.26. The maximum absolute atomic E-state index is 12.0. The smallest absolute Gasteiger partial charge is 0.220 e. The van der Waals surface area contributed by atoms with Gasteiger partial charge in [0.2, 0.25) is 5.91 Å². The number of hydrogen-bond acceptors (Lipinski definition) is 2. The van der Waals surface area contributed by atoms with Crippen LogP contribution in [0.25, 0.3) is 0 Å². The first kappa shape index (κ1) is 17.3. The summed E-state index contributed by atoms with van der Waals surface area (Å²) in [7, 11) is 0. The second-order valence-electron chi connectivity index (χ2n) is 6.63. The first-order valence-corrected chi connectivity index (χ1v) is 8.60. The van der Waals surface area contributed by atoms with E-state index in [1.165, 1.54) is 5.56 Å². The molecule has 1 saturated carbocycles. The van der Waals surface area contributed by atoms with E-state index >= 15 is 0 Å². The lowest BCUT2D eigenvalue weighted by atomic mass is 9.87. The van der Waals surface area contributed by atoms with Crippen molar-refractivity contribution in [2.45, 2.75) is 51.6 Å². The second-order valence-corrected chi connectivity index (χ2v) is 7.07. The standard InChI is InChI=1S/C18H26ClNO2/c1-13(9-14-5-7-16(19)8-6-14)10-18(22)20-12-15-3-2-4-17(21)11-15/h5-8,13,15,17,21H,2-4,9-12H2,1H3,(H,20,22). The Morgan fingerprint density at radius 1 is 1.36 bits per heavy atom. The van der Waals surface area contributed by atoms with Crippen molar-refractivity contribution < 1.29 is 9.90 Å². The van der Waals surface area contributed by atoms with Crippen LogP contribution in [-0.2, 0) is 11.2 Å². The van der Waals surface area contributed by atoms with Crippen molar-refractivity contribution in [3.05, 3.63) is 34.9 Å². The Bertz CT molecular complexity index is 474. The molecule has 3 atom stereocenters. The molecule has 0 aliphatic heterocycles. The lowest BCUT2D eigenvalue weighted by molar-refractivity contribution is -0.122. The average molecular weight is 324 g/mol. The quantitative estimate of drug-likeness (QED) is 0.840. The van der Waals surface area contributed by atoms with Crippen LogP contribution in [0.1, 0.15) is 44.6 Å². The number of aliphatic hydroxyl groups excluding tert-OH is 1.